The molecule has 19 heavy (non-hydrogen) atoms. The second kappa shape index (κ2) is 5.49. The van der Waals surface area contributed by atoms with E-state index in [9.17, 15) is 4.39 Å². The summed E-state index contributed by atoms with van der Waals surface area (Å²) in [6.07, 6.45) is 6.07. The van der Waals surface area contributed by atoms with Gasteiger partial charge in [0.05, 0.1) is 0 Å². The first kappa shape index (κ1) is 12.9. The maximum atomic E-state index is 13.2. The summed E-state index contributed by atoms with van der Waals surface area (Å²) in [5.74, 6) is 1.48. The van der Waals surface area contributed by atoms with Gasteiger partial charge in [-0.05, 0) is 56.3 Å². The van der Waals surface area contributed by atoms with Crippen molar-refractivity contribution in [1.29, 1.82) is 0 Å². The smallest absolute Gasteiger partial charge is 0.123 e. The Bertz CT molecular complexity index is 448. The number of halogens is 1. The third-order valence-corrected chi connectivity index (χ3v) is 4.39. The summed E-state index contributed by atoms with van der Waals surface area (Å²) >= 11 is 0. The van der Waals surface area contributed by atoms with Gasteiger partial charge in [-0.15, -0.1) is 0 Å². The molecule has 0 bridgehead atoms. The van der Waals surface area contributed by atoms with Crippen molar-refractivity contribution in [3.63, 3.8) is 0 Å². The number of rotatable bonds is 4. The zero-order valence-electron chi connectivity index (χ0n) is 11.5. The minimum atomic E-state index is -0.156. The molecule has 0 radical (unpaired) electrons. The van der Waals surface area contributed by atoms with E-state index in [2.05, 4.69) is 12.2 Å². The van der Waals surface area contributed by atoms with Crippen LogP contribution in [0.1, 0.15) is 38.2 Å². The second-order valence-electron chi connectivity index (χ2n) is 5.87. The fraction of sp³-hybridized carbons (Fsp3) is 0.625. The average Bonchev–Trinajstić information content (AvgIpc) is 2.96. The third kappa shape index (κ3) is 2.92. The van der Waals surface area contributed by atoms with Gasteiger partial charge in [-0.3, -0.25) is 0 Å². The maximum Gasteiger partial charge on any atom is 0.123 e. The summed E-state index contributed by atoms with van der Waals surface area (Å²) < 4.78 is 19.1. The van der Waals surface area contributed by atoms with Crippen LogP contribution < -0.4 is 10.1 Å². The van der Waals surface area contributed by atoms with E-state index in [1.165, 1.54) is 25.3 Å². The van der Waals surface area contributed by atoms with Crippen molar-refractivity contribution in [3.8, 4) is 5.75 Å². The molecule has 2 aliphatic rings. The van der Waals surface area contributed by atoms with Crippen LogP contribution in [0.2, 0.25) is 0 Å². The highest BCUT2D eigenvalue weighted by molar-refractivity contribution is 5.37. The number of nitrogens with one attached hydrogen (secondary N) is 1. The van der Waals surface area contributed by atoms with Crippen molar-refractivity contribution in [1.82, 2.24) is 5.32 Å². The van der Waals surface area contributed by atoms with Crippen LogP contribution in [0.3, 0.4) is 0 Å². The zero-order chi connectivity index (χ0) is 13.2. The lowest BCUT2D eigenvalue weighted by Crippen LogP contribution is -2.26. The maximum absolute atomic E-state index is 13.2. The molecule has 1 N–H and O–H groups in total. The molecule has 1 aromatic rings. The normalized spacial score (nSPS) is 29.3. The Labute approximate surface area is 114 Å². The molecule has 1 fully saturated rings. The molecule has 3 unspecified atom stereocenters. The molecule has 104 valence electrons. The molecule has 2 nitrogen and oxygen atoms in total. The summed E-state index contributed by atoms with van der Waals surface area (Å²) in [6.45, 7) is 3.22. The third-order valence-electron chi connectivity index (χ3n) is 4.39. The lowest BCUT2D eigenvalue weighted by molar-refractivity contribution is 0.193. The highest BCUT2D eigenvalue weighted by Crippen LogP contribution is 2.36. The molecular weight excluding hydrogens is 241 g/mol. The van der Waals surface area contributed by atoms with Crippen LogP contribution in [0.4, 0.5) is 4.39 Å². The van der Waals surface area contributed by atoms with Crippen LogP contribution >= 0.6 is 0 Å². The van der Waals surface area contributed by atoms with E-state index in [4.69, 9.17) is 4.74 Å². The second-order valence-corrected chi connectivity index (χ2v) is 5.87. The summed E-state index contributed by atoms with van der Waals surface area (Å²) in [5.41, 5.74) is 1.03. The molecule has 1 heterocycles. The van der Waals surface area contributed by atoms with Gasteiger partial charge in [0, 0.05) is 18.0 Å². The number of benzene rings is 1. The number of ether oxygens (including phenoxy) is 1. The standard InChI is InChI=1S/C16H22FNO/c1-2-18-14-5-3-11(7-14)8-15-10-12-9-13(17)4-6-16(12)19-15/h4,6,9,11,14-15,18H,2-3,5,7-8,10H2,1H3. The molecule has 1 saturated carbocycles. The molecular formula is C16H22FNO. The van der Waals surface area contributed by atoms with Gasteiger partial charge in [0.15, 0.2) is 0 Å². The topological polar surface area (TPSA) is 21.3 Å². The Morgan fingerprint density at radius 1 is 1.37 bits per heavy atom. The summed E-state index contributed by atoms with van der Waals surface area (Å²) in [4.78, 5) is 0. The minimum absolute atomic E-state index is 0.156. The number of hydrogen-bond acceptors (Lipinski definition) is 2. The highest BCUT2D eigenvalue weighted by Gasteiger charge is 2.30. The lowest BCUT2D eigenvalue weighted by Gasteiger charge is -2.16. The van der Waals surface area contributed by atoms with E-state index >= 15 is 0 Å². The molecule has 1 aromatic carbocycles. The van der Waals surface area contributed by atoms with E-state index in [-0.39, 0.29) is 11.9 Å². The van der Waals surface area contributed by atoms with Gasteiger partial charge in [0.1, 0.15) is 17.7 Å². The van der Waals surface area contributed by atoms with Crippen molar-refractivity contribution >= 4 is 0 Å². The molecule has 1 aliphatic heterocycles. The number of hydrogen-bond donors (Lipinski definition) is 1. The zero-order valence-corrected chi connectivity index (χ0v) is 11.5. The average molecular weight is 263 g/mol. The van der Waals surface area contributed by atoms with E-state index in [0.717, 1.165) is 36.6 Å². The van der Waals surface area contributed by atoms with Crippen LogP contribution in [-0.4, -0.2) is 18.7 Å². The molecule has 0 aromatic heterocycles. The predicted octanol–water partition coefficient (Wildman–Crippen LogP) is 3.30. The highest BCUT2D eigenvalue weighted by atomic mass is 19.1. The van der Waals surface area contributed by atoms with Gasteiger partial charge in [-0.25, -0.2) is 4.39 Å². The quantitative estimate of drug-likeness (QED) is 0.900. The number of fused-ring (bicyclic) bond motifs is 1. The van der Waals surface area contributed by atoms with Crippen LogP contribution in [0, 0.1) is 11.7 Å². The first-order chi connectivity index (χ1) is 9.24. The van der Waals surface area contributed by atoms with E-state index in [1.807, 2.05) is 0 Å². The Morgan fingerprint density at radius 3 is 3.11 bits per heavy atom. The van der Waals surface area contributed by atoms with Gasteiger partial charge in [-0.1, -0.05) is 6.92 Å². The molecule has 3 heteroatoms. The monoisotopic (exact) mass is 263 g/mol. The summed E-state index contributed by atoms with van der Waals surface area (Å²) in [6, 6.07) is 5.56. The fourth-order valence-corrected chi connectivity index (χ4v) is 3.56. The van der Waals surface area contributed by atoms with E-state index < -0.39 is 0 Å². The Balaban J connectivity index is 1.54. The lowest BCUT2D eigenvalue weighted by atomic mass is 9.97. The van der Waals surface area contributed by atoms with Crippen LogP contribution in [-0.2, 0) is 6.42 Å². The molecule has 0 spiro atoms. The molecule has 0 amide bonds. The molecule has 1 aliphatic carbocycles. The van der Waals surface area contributed by atoms with Gasteiger partial charge >= 0.3 is 0 Å². The Kier molecular flexibility index (Phi) is 3.74. The van der Waals surface area contributed by atoms with Crippen molar-refractivity contribution in [2.24, 2.45) is 5.92 Å². The molecule has 3 rings (SSSR count). The summed E-state index contributed by atoms with van der Waals surface area (Å²) in [7, 11) is 0. The van der Waals surface area contributed by atoms with Gasteiger partial charge in [-0.2, -0.15) is 0 Å². The SMILES string of the molecule is CCNC1CCC(CC2Cc3cc(F)ccc3O2)C1. The van der Waals surface area contributed by atoms with E-state index in [0.29, 0.717) is 6.04 Å². The van der Waals surface area contributed by atoms with Crippen molar-refractivity contribution in [3.05, 3.63) is 29.6 Å². The van der Waals surface area contributed by atoms with Crippen molar-refractivity contribution in [2.75, 3.05) is 6.54 Å². The van der Waals surface area contributed by atoms with Crippen LogP contribution in [0.5, 0.6) is 5.75 Å². The minimum Gasteiger partial charge on any atom is -0.490 e. The van der Waals surface area contributed by atoms with Gasteiger partial charge < -0.3 is 10.1 Å². The Morgan fingerprint density at radius 2 is 2.26 bits per heavy atom. The largest absolute Gasteiger partial charge is 0.490 e. The Hall–Kier alpha value is -1.09. The van der Waals surface area contributed by atoms with Gasteiger partial charge in [0.2, 0.25) is 0 Å². The summed E-state index contributed by atoms with van der Waals surface area (Å²) in [5, 5.41) is 3.53. The first-order valence-electron chi connectivity index (χ1n) is 7.43. The molecule has 0 saturated heterocycles. The first-order valence-corrected chi connectivity index (χ1v) is 7.43. The van der Waals surface area contributed by atoms with Crippen LogP contribution in [0.15, 0.2) is 18.2 Å². The fourth-order valence-electron chi connectivity index (χ4n) is 3.56. The predicted molar refractivity (Wildman–Crippen MR) is 73.9 cm³/mol. The van der Waals surface area contributed by atoms with Gasteiger partial charge in [0.25, 0.3) is 0 Å². The van der Waals surface area contributed by atoms with Crippen molar-refractivity contribution < 1.29 is 9.13 Å². The molecule has 3 atom stereocenters. The van der Waals surface area contributed by atoms with Crippen molar-refractivity contribution in [2.45, 2.75) is 51.2 Å². The van der Waals surface area contributed by atoms with E-state index in [1.54, 1.807) is 12.1 Å². The van der Waals surface area contributed by atoms with Crippen LogP contribution in [0.25, 0.3) is 0 Å².